The van der Waals surface area contributed by atoms with Crippen LogP contribution in [0.15, 0.2) is 40.9 Å². The number of nitrogens with zero attached hydrogens (tertiary/aromatic N) is 2. The van der Waals surface area contributed by atoms with Crippen molar-refractivity contribution < 1.29 is 18.8 Å². The predicted octanol–water partition coefficient (Wildman–Crippen LogP) is 3.05. The summed E-state index contributed by atoms with van der Waals surface area (Å²) < 4.78 is 18.8. The van der Waals surface area contributed by atoms with E-state index in [1.54, 1.807) is 30.3 Å². The van der Waals surface area contributed by atoms with Crippen molar-refractivity contribution >= 4 is 16.7 Å². The Balaban J connectivity index is 2.01. The molecule has 0 amide bonds. The van der Waals surface area contributed by atoms with Crippen LogP contribution < -0.4 is 0 Å². The van der Waals surface area contributed by atoms with Crippen LogP contribution in [-0.4, -0.2) is 21.2 Å². The van der Waals surface area contributed by atoms with E-state index in [1.165, 1.54) is 6.07 Å². The molecule has 2 aromatic carbocycles. The molecule has 5 nitrogen and oxygen atoms in total. The summed E-state index contributed by atoms with van der Waals surface area (Å²) in [6, 6.07) is 9.95. The molecule has 1 N–H and O–H groups in total. The van der Waals surface area contributed by atoms with Gasteiger partial charge in [0.05, 0.1) is 6.42 Å². The van der Waals surface area contributed by atoms with E-state index in [4.69, 9.17) is 9.63 Å². The van der Waals surface area contributed by atoms with Crippen molar-refractivity contribution in [1.82, 2.24) is 10.1 Å². The van der Waals surface area contributed by atoms with E-state index in [-0.39, 0.29) is 24.5 Å². The molecule has 0 saturated heterocycles. The topological polar surface area (TPSA) is 76.2 Å². The fourth-order valence-corrected chi connectivity index (χ4v) is 2.14. The number of benzene rings is 2. The third-order valence-corrected chi connectivity index (χ3v) is 3.13. The van der Waals surface area contributed by atoms with Crippen LogP contribution in [0.4, 0.5) is 4.39 Å². The third-order valence-electron chi connectivity index (χ3n) is 3.13. The second-order valence-corrected chi connectivity index (χ2v) is 4.55. The van der Waals surface area contributed by atoms with E-state index in [9.17, 15) is 9.18 Å². The monoisotopic (exact) mass is 286 g/mol. The van der Waals surface area contributed by atoms with Gasteiger partial charge >= 0.3 is 5.97 Å². The summed E-state index contributed by atoms with van der Waals surface area (Å²) in [6.07, 6.45) is 0.0905. The van der Waals surface area contributed by atoms with Gasteiger partial charge in [-0.2, -0.15) is 4.98 Å². The summed E-state index contributed by atoms with van der Waals surface area (Å²) >= 11 is 0. The van der Waals surface area contributed by atoms with Crippen LogP contribution in [0.2, 0.25) is 0 Å². The summed E-state index contributed by atoms with van der Waals surface area (Å²) in [6.45, 7) is 0. The molecule has 0 radical (unpaired) electrons. The maximum absolute atomic E-state index is 13.8. The van der Waals surface area contributed by atoms with Gasteiger partial charge in [0.25, 0.3) is 0 Å². The van der Waals surface area contributed by atoms with Gasteiger partial charge < -0.3 is 9.63 Å². The molecule has 6 heteroatoms. The largest absolute Gasteiger partial charge is 0.481 e. The molecule has 106 valence electrons. The van der Waals surface area contributed by atoms with Crippen molar-refractivity contribution in [3.63, 3.8) is 0 Å². The number of fused-ring (bicyclic) bond motifs is 1. The van der Waals surface area contributed by atoms with Crippen molar-refractivity contribution in [3.05, 3.63) is 48.1 Å². The second-order valence-electron chi connectivity index (χ2n) is 4.55. The number of carboxylic acid groups (broad SMARTS) is 1. The maximum Gasteiger partial charge on any atom is 0.303 e. The molecular formula is C15H11FN2O3. The summed E-state index contributed by atoms with van der Waals surface area (Å²) in [5, 5.41) is 13.6. The van der Waals surface area contributed by atoms with E-state index in [0.29, 0.717) is 22.2 Å². The molecule has 0 saturated carbocycles. The number of halogens is 1. The van der Waals surface area contributed by atoms with Gasteiger partial charge in [-0.1, -0.05) is 29.4 Å². The Morgan fingerprint density at radius 2 is 1.95 bits per heavy atom. The zero-order chi connectivity index (χ0) is 14.8. The molecule has 1 aromatic heterocycles. The van der Waals surface area contributed by atoms with Gasteiger partial charge in [-0.3, -0.25) is 4.79 Å². The molecule has 3 aromatic rings. The highest BCUT2D eigenvalue weighted by molar-refractivity contribution is 5.95. The first-order chi connectivity index (χ1) is 10.1. The van der Waals surface area contributed by atoms with E-state index >= 15 is 0 Å². The fourth-order valence-electron chi connectivity index (χ4n) is 2.14. The van der Waals surface area contributed by atoms with Crippen LogP contribution in [0.5, 0.6) is 0 Å². The van der Waals surface area contributed by atoms with Crippen LogP contribution >= 0.6 is 0 Å². The number of aryl methyl sites for hydroxylation is 1. The van der Waals surface area contributed by atoms with E-state index < -0.39 is 5.97 Å². The van der Waals surface area contributed by atoms with E-state index in [2.05, 4.69) is 10.1 Å². The minimum Gasteiger partial charge on any atom is -0.481 e. The van der Waals surface area contributed by atoms with Crippen molar-refractivity contribution in [2.24, 2.45) is 0 Å². The molecule has 0 aliphatic rings. The first-order valence-electron chi connectivity index (χ1n) is 6.37. The van der Waals surface area contributed by atoms with E-state index in [1.807, 2.05) is 0 Å². The molecule has 1 heterocycles. The molecular weight excluding hydrogens is 275 g/mol. The Morgan fingerprint density at radius 3 is 2.71 bits per heavy atom. The van der Waals surface area contributed by atoms with Gasteiger partial charge in [-0.15, -0.1) is 0 Å². The number of aliphatic carboxylic acids is 1. The number of carbonyl (C=O) groups is 1. The minimum atomic E-state index is -0.929. The Labute approximate surface area is 119 Å². The average Bonchev–Trinajstić information content (AvgIpc) is 2.94. The van der Waals surface area contributed by atoms with Crippen molar-refractivity contribution in [2.45, 2.75) is 12.8 Å². The van der Waals surface area contributed by atoms with Crippen LogP contribution in [0.25, 0.3) is 22.2 Å². The zero-order valence-corrected chi connectivity index (χ0v) is 10.9. The highest BCUT2D eigenvalue weighted by Gasteiger charge is 2.14. The second kappa shape index (κ2) is 5.32. The van der Waals surface area contributed by atoms with Gasteiger partial charge in [0.2, 0.25) is 11.7 Å². The minimum absolute atomic E-state index is 0.0776. The van der Waals surface area contributed by atoms with E-state index in [0.717, 1.165) is 0 Å². The fraction of sp³-hybridized carbons (Fsp3) is 0.133. The SMILES string of the molecule is O=C(O)CCc1nc(-c2ccc(F)c3ccccc23)no1. The smallest absolute Gasteiger partial charge is 0.303 e. The summed E-state index contributed by atoms with van der Waals surface area (Å²) in [5.74, 6) is -0.668. The molecule has 0 spiro atoms. The number of rotatable bonds is 4. The summed E-state index contributed by atoms with van der Waals surface area (Å²) in [5.41, 5.74) is 0.650. The molecule has 21 heavy (non-hydrogen) atoms. The van der Waals surface area contributed by atoms with Gasteiger partial charge in [-0.25, -0.2) is 4.39 Å². The van der Waals surface area contributed by atoms with Gasteiger partial charge in [0, 0.05) is 17.4 Å². The Morgan fingerprint density at radius 1 is 1.19 bits per heavy atom. The number of aromatic nitrogens is 2. The van der Waals surface area contributed by atoms with Gasteiger partial charge in [0.1, 0.15) is 5.82 Å². The average molecular weight is 286 g/mol. The summed E-state index contributed by atoms with van der Waals surface area (Å²) in [4.78, 5) is 14.7. The van der Waals surface area contributed by atoms with Crippen molar-refractivity contribution in [2.75, 3.05) is 0 Å². The standard InChI is InChI=1S/C15H11FN2O3/c16-12-6-5-11(9-3-1-2-4-10(9)12)15-17-13(21-18-15)7-8-14(19)20/h1-6H,7-8H2,(H,19,20). The molecule has 0 aliphatic carbocycles. The number of hydrogen-bond donors (Lipinski definition) is 1. The Kier molecular flexibility index (Phi) is 3.35. The third kappa shape index (κ3) is 2.60. The highest BCUT2D eigenvalue weighted by atomic mass is 19.1. The zero-order valence-electron chi connectivity index (χ0n) is 10.9. The van der Waals surface area contributed by atoms with Crippen LogP contribution in [0, 0.1) is 5.82 Å². The molecule has 0 bridgehead atoms. The quantitative estimate of drug-likeness (QED) is 0.797. The Bertz CT molecular complexity index is 814. The first-order valence-corrected chi connectivity index (χ1v) is 6.37. The Hall–Kier alpha value is -2.76. The normalized spacial score (nSPS) is 10.9. The molecule has 0 unspecified atom stereocenters. The molecule has 0 fully saturated rings. The number of carboxylic acids is 1. The predicted molar refractivity (Wildman–Crippen MR) is 73.2 cm³/mol. The van der Waals surface area contributed by atoms with Crippen LogP contribution in [-0.2, 0) is 11.2 Å². The van der Waals surface area contributed by atoms with Crippen molar-refractivity contribution in [3.8, 4) is 11.4 Å². The van der Waals surface area contributed by atoms with Gasteiger partial charge in [0.15, 0.2) is 0 Å². The van der Waals surface area contributed by atoms with Crippen LogP contribution in [0.1, 0.15) is 12.3 Å². The summed E-state index contributed by atoms with van der Waals surface area (Å²) in [7, 11) is 0. The molecule has 0 aliphatic heterocycles. The lowest BCUT2D eigenvalue weighted by Gasteiger charge is -2.03. The number of hydrogen-bond acceptors (Lipinski definition) is 4. The van der Waals surface area contributed by atoms with Crippen molar-refractivity contribution in [1.29, 1.82) is 0 Å². The van der Waals surface area contributed by atoms with Gasteiger partial charge in [-0.05, 0) is 17.5 Å². The molecule has 3 rings (SSSR count). The lowest BCUT2D eigenvalue weighted by atomic mass is 10.0. The lowest BCUT2D eigenvalue weighted by molar-refractivity contribution is -0.137. The first kappa shape index (κ1) is 13.2. The van der Waals surface area contributed by atoms with Crippen LogP contribution in [0.3, 0.4) is 0 Å². The lowest BCUT2D eigenvalue weighted by Crippen LogP contribution is -1.97. The highest BCUT2D eigenvalue weighted by Crippen LogP contribution is 2.28. The maximum atomic E-state index is 13.8. The molecule has 0 atom stereocenters.